The number of rotatable bonds is 9. The first-order chi connectivity index (χ1) is 11.1. The summed E-state index contributed by atoms with van der Waals surface area (Å²) in [6.45, 7) is 0.382. The SMILES string of the molecule is CCCCCNC(=NC)NCc1cc(OC)ccc1OC(F)F.I. The van der Waals surface area contributed by atoms with Crippen LogP contribution in [0, 0.1) is 0 Å². The van der Waals surface area contributed by atoms with Gasteiger partial charge in [0.1, 0.15) is 11.5 Å². The van der Waals surface area contributed by atoms with Crippen molar-refractivity contribution in [3.05, 3.63) is 23.8 Å². The summed E-state index contributed by atoms with van der Waals surface area (Å²) >= 11 is 0. The zero-order valence-corrected chi connectivity index (χ0v) is 16.6. The van der Waals surface area contributed by atoms with E-state index in [1.807, 2.05) is 0 Å². The normalized spacial score (nSPS) is 11.0. The number of methoxy groups -OCH3 is 1. The van der Waals surface area contributed by atoms with Gasteiger partial charge in [-0.25, -0.2) is 0 Å². The second kappa shape index (κ2) is 13.0. The Kier molecular flexibility index (Phi) is 12.3. The molecule has 24 heavy (non-hydrogen) atoms. The first-order valence-corrected chi connectivity index (χ1v) is 7.67. The van der Waals surface area contributed by atoms with Crippen LogP contribution >= 0.6 is 24.0 Å². The summed E-state index contributed by atoms with van der Waals surface area (Å²) in [5.41, 5.74) is 0.571. The van der Waals surface area contributed by atoms with E-state index in [0.29, 0.717) is 23.8 Å². The molecule has 0 spiro atoms. The van der Waals surface area contributed by atoms with Crippen LogP contribution in [0.5, 0.6) is 11.5 Å². The minimum atomic E-state index is -2.87. The molecule has 2 N–H and O–H groups in total. The summed E-state index contributed by atoms with van der Waals surface area (Å²) in [4.78, 5) is 4.11. The van der Waals surface area contributed by atoms with Crippen LogP contribution < -0.4 is 20.1 Å². The van der Waals surface area contributed by atoms with Crippen molar-refractivity contribution in [3.63, 3.8) is 0 Å². The van der Waals surface area contributed by atoms with Crippen LogP contribution in [0.2, 0.25) is 0 Å². The van der Waals surface area contributed by atoms with Gasteiger partial charge in [-0.15, -0.1) is 24.0 Å². The Morgan fingerprint density at radius 1 is 1.25 bits per heavy atom. The van der Waals surface area contributed by atoms with Crippen molar-refractivity contribution in [2.75, 3.05) is 20.7 Å². The van der Waals surface area contributed by atoms with Crippen molar-refractivity contribution in [3.8, 4) is 11.5 Å². The quantitative estimate of drug-likeness (QED) is 0.257. The van der Waals surface area contributed by atoms with Crippen LogP contribution in [0.15, 0.2) is 23.2 Å². The maximum atomic E-state index is 12.5. The van der Waals surface area contributed by atoms with E-state index in [2.05, 4.69) is 27.3 Å². The van der Waals surface area contributed by atoms with Crippen molar-refractivity contribution in [1.82, 2.24) is 10.6 Å². The average Bonchev–Trinajstić information content (AvgIpc) is 2.54. The fourth-order valence-electron chi connectivity index (χ4n) is 2.01. The molecular weight excluding hydrogens is 431 g/mol. The van der Waals surface area contributed by atoms with Gasteiger partial charge in [-0.1, -0.05) is 19.8 Å². The zero-order valence-electron chi connectivity index (χ0n) is 14.3. The summed E-state index contributed by atoms with van der Waals surface area (Å²) in [5, 5.41) is 6.27. The van der Waals surface area contributed by atoms with Crippen molar-refractivity contribution in [2.45, 2.75) is 39.3 Å². The second-order valence-corrected chi connectivity index (χ2v) is 4.91. The predicted octanol–water partition coefficient (Wildman–Crippen LogP) is 3.77. The smallest absolute Gasteiger partial charge is 0.387 e. The Bertz CT molecular complexity index is 502. The molecule has 5 nitrogen and oxygen atoms in total. The largest absolute Gasteiger partial charge is 0.497 e. The number of ether oxygens (including phenoxy) is 2. The number of unbranched alkanes of at least 4 members (excludes halogenated alkanes) is 2. The summed E-state index contributed by atoms with van der Waals surface area (Å²) in [6, 6.07) is 4.72. The molecule has 0 aliphatic heterocycles. The highest BCUT2D eigenvalue weighted by molar-refractivity contribution is 14.0. The summed E-state index contributed by atoms with van der Waals surface area (Å²) in [7, 11) is 3.19. The third-order valence-electron chi connectivity index (χ3n) is 3.23. The fourth-order valence-corrected chi connectivity index (χ4v) is 2.01. The number of nitrogens with one attached hydrogen (secondary N) is 2. The molecule has 0 bridgehead atoms. The van der Waals surface area contributed by atoms with E-state index in [-0.39, 0.29) is 29.7 Å². The molecule has 1 rings (SSSR count). The molecule has 0 unspecified atom stereocenters. The third-order valence-corrected chi connectivity index (χ3v) is 3.23. The Balaban J connectivity index is 0.00000529. The Labute approximate surface area is 159 Å². The Hall–Kier alpha value is -1.32. The lowest BCUT2D eigenvalue weighted by atomic mass is 10.2. The predicted molar refractivity (Wildman–Crippen MR) is 103 cm³/mol. The van der Waals surface area contributed by atoms with Gasteiger partial charge < -0.3 is 20.1 Å². The average molecular weight is 457 g/mol. The van der Waals surface area contributed by atoms with Gasteiger partial charge in [0.2, 0.25) is 0 Å². The highest BCUT2D eigenvalue weighted by Crippen LogP contribution is 2.25. The molecule has 0 aliphatic rings. The lowest BCUT2D eigenvalue weighted by Crippen LogP contribution is -2.37. The van der Waals surface area contributed by atoms with Crippen LogP contribution in [0.25, 0.3) is 0 Å². The highest BCUT2D eigenvalue weighted by Gasteiger charge is 2.11. The van der Waals surface area contributed by atoms with Crippen LogP contribution in [0.4, 0.5) is 8.78 Å². The molecule has 8 heteroatoms. The lowest BCUT2D eigenvalue weighted by Gasteiger charge is -2.15. The third kappa shape index (κ3) is 8.51. The zero-order chi connectivity index (χ0) is 17.1. The second-order valence-electron chi connectivity index (χ2n) is 4.91. The number of halogens is 3. The molecule has 0 radical (unpaired) electrons. The number of nitrogens with zero attached hydrogens (tertiary/aromatic N) is 1. The molecule has 1 aromatic carbocycles. The lowest BCUT2D eigenvalue weighted by molar-refractivity contribution is -0.0504. The van der Waals surface area contributed by atoms with E-state index < -0.39 is 6.61 Å². The minimum Gasteiger partial charge on any atom is -0.497 e. The molecule has 0 fully saturated rings. The van der Waals surface area contributed by atoms with Gasteiger partial charge in [-0.05, 0) is 24.6 Å². The van der Waals surface area contributed by atoms with E-state index in [9.17, 15) is 8.78 Å². The van der Waals surface area contributed by atoms with Crippen LogP contribution in [-0.4, -0.2) is 33.3 Å². The van der Waals surface area contributed by atoms with Crippen molar-refractivity contribution in [2.24, 2.45) is 4.99 Å². The maximum absolute atomic E-state index is 12.5. The number of alkyl halides is 2. The van der Waals surface area contributed by atoms with Gasteiger partial charge in [-0.3, -0.25) is 4.99 Å². The van der Waals surface area contributed by atoms with Gasteiger partial charge in [0.25, 0.3) is 0 Å². The molecule has 0 heterocycles. The first kappa shape index (κ1) is 22.7. The van der Waals surface area contributed by atoms with E-state index >= 15 is 0 Å². The molecule has 0 saturated carbocycles. The molecule has 0 amide bonds. The minimum absolute atomic E-state index is 0. The molecular formula is C16H26F2IN3O2. The number of hydrogen-bond donors (Lipinski definition) is 2. The van der Waals surface area contributed by atoms with Gasteiger partial charge in [0.15, 0.2) is 5.96 Å². The Morgan fingerprint density at radius 2 is 2.00 bits per heavy atom. The van der Waals surface area contributed by atoms with Crippen molar-refractivity contribution in [1.29, 1.82) is 0 Å². The number of hydrogen-bond acceptors (Lipinski definition) is 3. The summed E-state index contributed by atoms with van der Waals surface area (Å²) < 4.78 is 34.6. The molecule has 0 atom stereocenters. The van der Waals surface area contributed by atoms with Crippen molar-refractivity contribution < 1.29 is 18.3 Å². The molecule has 138 valence electrons. The maximum Gasteiger partial charge on any atom is 0.387 e. The van der Waals surface area contributed by atoms with Crippen LogP contribution in [0.1, 0.15) is 31.7 Å². The van der Waals surface area contributed by atoms with Gasteiger partial charge in [0.05, 0.1) is 7.11 Å². The monoisotopic (exact) mass is 457 g/mol. The van der Waals surface area contributed by atoms with E-state index in [1.54, 1.807) is 19.2 Å². The van der Waals surface area contributed by atoms with Gasteiger partial charge >= 0.3 is 6.61 Å². The number of guanidine groups is 1. The molecule has 0 saturated heterocycles. The fraction of sp³-hybridized carbons (Fsp3) is 0.562. The summed E-state index contributed by atoms with van der Waals surface area (Å²) in [5.74, 6) is 1.32. The first-order valence-electron chi connectivity index (χ1n) is 7.67. The van der Waals surface area contributed by atoms with Crippen LogP contribution in [-0.2, 0) is 6.54 Å². The number of aliphatic imine (C=N–C) groups is 1. The van der Waals surface area contributed by atoms with E-state index in [1.165, 1.54) is 13.2 Å². The van der Waals surface area contributed by atoms with Gasteiger partial charge in [0, 0.05) is 25.7 Å². The molecule has 1 aromatic rings. The highest BCUT2D eigenvalue weighted by atomic mass is 127. The number of benzene rings is 1. The molecule has 0 aliphatic carbocycles. The molecule has 0 aromatic heterocycles. The van der Waals surface area contributed by atoms with Gasteiger partial charge in [-0.2, -0.15) is 8.78 Å². The van der Waals surface area contributed by atoms with Crippen LogP contribution in [0.3, 0.4) is 0 Å². The topological polar surface area (TPSA) is 54.9 Å². The Morgan fingerprint density at radius 3 is 2.58 bits per heavy atom. The summed E-state index contributed by atoms with van der Waals surface area (Å²) in [6.07, 6.45) is 3.34. The van der Waals surface area contributed by atoms with E-state index in [0.717, 1.165) is 25.8 Å². The van der Waals surface area contributed by atoms with E-state index in [4.69, 9.17) is 4.74 Å². The van der Waals surface area contributed by atoms with Crippen molar-refractivity contribution >= 4 is 29.9 Å². The standard InChI is InChI=1S/C16H25F2N3O2.HI/c1-4-5-6-9-20-16(19-2)21-11-12-10-13(22-3)7-8-14(12)23-15(17)18;/h7-8,10,15H,4-6,9,11H2,1-3H3,(H2,19,20,21);1H.